The maximum atomic E-state index is 13.3. The van der Waals surface area contributed by atoms with Crippen LogP contribution in [-0.2, 0) is 0 Å². The van der Waals surface area contributed by atoms with Crippen LogP contribution in [0.1, 0.15) is 46.0 Å². The maximum absolute atomic E-state index is 13.3. The second-order valence-electron chi connectivity index (χ2n) is 8.02. The van der Waals surface area contributed by atoms with Crippen molar-refractivity contribution in [3.8, 4) is 0 Å². The van der Waals surface area contributed by atoms with E-state index in [-0.39, 0.29) is 5.82 Å². The summed E-state index contributed by atoms with van der Waals surface area (Å²) < 4.78 is 13.3. The predicted molar refractivity (Wildman–Crippen MR) is 109 cm³/mol. The Balaban J connectivity index is 1.60. The van der Waals surface area contributed by atoms with E-state index < -0.39 is 0 Å². The number of nitrogens with zero attached hydrogens (tertiary/aromatic N) is 1. The molecular weight excluding hydrogens is 337 g/mol. The Kier molecular flexibility index (Phi) is 5.09. The SMILES string of the molecule is CCCC(C[C@H]1CCC2=C1[C@@H](C)C1=CNN(c3ccc(F)cc3)C1=C2)NC. The highest BCUT2D eigenvalue weighted by molar-refractivity contribution is 5.64. The Bertz CT molecular complexity index is 790. The second-order valence-corrected chi connectivity index (χ2v) is 8.02. The molecule has 0 bridgehead atoms. The van der Waals surface area contributed by atoms with Gasteiger partial charge >= 0.3 is 0 Å². The Morgan fingerprint density at radius 1 is 1.30 bits per heavy atom. The number of halogens is 1. The molecule has 0 fully saturated rings. The molecule has 1 aliphatic heterocycles. The fourth-order valence-electron chi connectivity index (χ4n) is 5.03. The van der Waals surface area contributed by atoms with Crippen LogP contribution >= 0.6 is 0 Å². The van der Waals surface area contributed by atoms with Gasteiger partial charge in [0.05, 0.1) is 11.4 Å². The number of hydrazine groups is 1. The zero-order valence-electron chi connectivity index (χ0n) is 16.6. The Morgan fingerprint density at radius 2 is 2.07 bits per heavy atom. The molecule has 1 aromatic rings. The van der Waals surface area contributed by atoms with Crippen LogP contribution in [-0.4, -0.2) is 13.1 Å². The molecule has 0 aromatic heterocycles. The van der Waals surface area contributed by atoms with Gasteiger partial charge in [-0.05, 0) is 74.6 Å². The van der Waals surface area contributed by atoms with Crippen LogP contribution in [0.25, 0.3) is 0 Å². The van der Waals surface area contributed by atoms with Crippen LogP contribution in [0.3, 0.4) is 0 Å². The molecule has 1 unspecified atom stereocenters. The number of allylic oxidation sites excluding steroid dienone is 4. The minimum atomic E-state index is -0.202. The first-order valence-corrected chi connectivity index (χ1v) is 10.3. The number of anilines is 1. The quantitative estimate of drug-likeness (QED) is 0.736. The van der Waals surface area contributed by atoms with E-state index in [4.69, 9.17) is 0 Å². The van der Waals surface area contributed by atoms with Gasteiger partial charge in [0.2, 0.25) is 0 Å². The summed E-state index contributed by atoms with van der Waals surface area (Å²) in [4.78, 5) is 0. The lowest BCUT2D eigenvalue weighted by molar-refractivity contribution is 0.399. The van der Waals surface area contributed by atoms with Gasteiger partial charge in [0.1, 0.15) is 5.82 Å². The van der Waals surface area contributed by atoms with E-state index in [0.29, 0.717) is 17.9 Å². The van der Waals surface area contributed by atoms with E-state index >= 15 is 0 Å². The standard InChI is InChI=1S/C23H30FN3/c1-4-5-19(25-3)12-16-6-7-17-13-22-21(15(2)23(16)17)14-26-27(22)20-10-8-18(24)9-11-20/h8-11,13-16,19,25-26H,4-7,12H2,1-3H3/t15-,16+,19?/m0/s1. The average molecular weight is 368 g/mol. The third kappa shape index (κ3) is 3.31. The number of benzene rings is 1. The fraction of sp³-hybridized carbons (Fsp3) is 0.478. The van der Waals surface area contributed by atoms with E-state index in [2.05, 4.69) is 48.9 Å². The van der Waals surface area contributed by atoms with E-state index in [0.717, 1.165) is 5.69 Å². The summed E-state index contributed by atoms with van der Waals surface area (Å²) in [6.07, 6.45) is 10.6. The largest absolute Gasteiger partial charge is 0.317 e. The molecule has 0 spiro atoms. The molecule has 27 heavy (non-hydrogen) atoms. The van der Waals surface area contributed by atoms with Crippen molar-refractivity contribution in [3.05, 3.63) is 64.8 Å². The summed E-state index contributed by atoms with van der Waals surface area (Å²) in [6, 6.07) is 7.30. The van der Waals surface area contributed by atoms with Gasteiger partial charge in [-0.2, -0.15) is 0 Å². The van der Waals surface area contributed by atoms with Gasteiger partial charge in [0, 0.05) is 23.7 Å². The second kappa shape index (κ2) is 7.51. The van der Waals surface area contributed by atoms with Crippen molar-refractivity contribution >= 4 is 5.69 Å². The van der Waals surface area contributed by atoms with Crippen molar-refractivity contribution in [2.75, 3.05) is 12.1 Å². The molecule has 1 aromatic carbocycles. The summed E-state index contributed by atoms with van der Waals surface area (Å²) in [5, 5.41) is 5.60. The van der Waals surface area contributed by atoms with Crippen LogP contribution < -0.4 is 15.8 Å². The molecular formula is C23H30FN3. The van der Waals surface area contributed by atoms with Gasteiger partial charge in [0.15, 0.2) is 0 Å². The summed E-state index contributed by atoms with van der Waals surface area (Å²) in [5.41, 5.74) is 10.1. The maximum Gasteiger partial charge on any atom is 0.123 e. The normalized spacial score (nSPS) is 25.0. The zero-order chi connectivity index (χ0) is 19.0. The first-order chi connectivity index (χ1) is 13.1. The Morgan fingerprint density at radius 3 is 2.78 bits per heavy atom. The molecule has 0 radical (unpaired) electrons. The lowest BCUT2D eigenvalue weighted by Crippen LogP contribution is -2.31. The predicted octanol–water partition coefficient (Wildman–Crippen LogP) is 5.05. The molecule has 3 atom stereocenters. The molecule has 2 aliphatic carbocycles. The van der Waals surface area contributed by atoms with Gasteiger partial charge in [0.25, 0.3) is 0 Å². The van der Waals surface area contributed by atoms with Gasteiger partial charge in [-0.3, -0.25) is 5.01 Å². The van der Waals surface area contributed by atoms with Crippen molar-refractivity contribution in [3.63, 3.8) is 0 Å². The van der Waals surface area contributed by atoms with E-state index in [9.17, 15) is 4.39 Å². The number of nitrogens with one attached hydrogen (secondary N) is 2. The minimum Gasteiger partial charge on any atom is -0.317 e. The minimum absolute atomic E-state index is 0.202. The highest BCUT2D eigenvalue weighted by atomic mass is 19.1. The lowest BCUT2D eigenvalue weighted by Gasteiger charge is -2.31. The first-order valence-electron chi connectivity index (χ1n) is 10.3. The first kappa shape index (κ1) is 18.3. The van der Waals surface area contributed by atoms with Gasteiger partial charge in [-0.25, -0.2) is 4.39 Å². The van der Waals surface area contributed by atoms with Crippen LogP contribution in [0.5, 0.6) is 0 Å². The number of hydrogen-bond acceptors (Lipinski definition) is 3. The highest BCUT2D eigenvalue weighted by Crippen LogP contribution is 2.49. The molecule has 0 amide bonds. The highest BCUT2D eigenvalue weighted by Gasteiger charge is 2.38. The third-order valence-electron chi connectivity index (χ3n) is 6.40. The summed E-state index contributed by atoms with van der Waals surface area (Å²) in [5.74, 6) is 0.911. The smallest absolute Gasteiger partial charge is 0.123 e. The lowest BCUT2D eigenvalue weighted by atomic mass is 9.78. The van der Waals surface area contributed by atoms with E-state index in [1.165, 1.54) is 61.1 Å². The van der Waals surface area contributed by atoms with Crippen LogP contribution in [0, 0.1) is 17.7 Å². The van der Waals surface area contributed by atoms with Crippen molar-refractivity contribution in [1.82, 2.24) is 10.7 Å². The summed E-state index contributed by atoms with van der Waals surface area (Å²) in [6.45, 7) is 4.61. The molecule has 4 heteroatoms. The molecule has 3 aliphatic rings. The topological polar surface area (TPSA) is 27.3 Å². The van der Waals surface area contributed by atoms with Crippen molar-refractivity contribution in [2.24, 2.45) is 11.8 Å². The van der Waals surface area contributed by atoms with Gasteiger partial charge in [-0.1, -0.05) is 25.8 Å². The molecule has 4 rings (SSSR count). The number of hydrogen-bond donors (Lipinski definition) is 2. The van der Waals surface area contributed by atoms with Crippen molar-refractivity contribution in [2.45, 2.75) is 52.0 Å². The van der Waals surface area contributed by atoms with Gasteiger partial charge < -0.3 is 10.7 Å². The molecule has 3 nitrogen and oxygen atoms in total. The zero-order valence-corrected chi connectivity index (χ0v) is 16.6. The van der Waals surface area contributed by atoms with Crippen LogP contribution in [0.2, 0.25) is 0 Å². The fourth-order valence-corrected chi connectivity index (χ4v) is 5.03. The average Bonchev–Trinajstić information content (AvgIpc) is 3.27. The summed E-state index contributed by atoms with van der Waals surface area (Å²) >= 11 is 0. The van der Waals surface area contributed by atoms with Gasteiger partial charge in [-0.15, -0.1) is 0 Å². The van der Waals surface area contributed by atoms with Crippen molar-refractivity contribution in [1.29, 1.82) is 0 Å². The Labute approximate surface area is 162 Å². The molecule has 0 saturated carbocycles. The summed E-state index contributed by atoms with van der Waals surface area (Å²) in [7, 11) is 2.09. The molecule has 0 saturated heterocycles. The molecule has 144 valence electrons. The van der Waals surface area contributed by atoms with E-state index in [1.54, 1.807) is 5.57 Å². The number of rotatable bonds is 6. The molecule has 1 heterocycles. The monoisotopic (exact) mass is 367 g/mol. The van der Waals surface area contributed by atoms with Crippen molar-refractivity contribution < 1.29 is 4.39 Å². The molecule has 2 N–H and O–H groups in total. The van der Waals surface area contributed by atoms with Crippen LogP contribution in [0.4, 0.5) is 10.1 Å². The third-order valence-corrected chi connectivity index (χ3v) is 6.40. The van der Waals surface area contributed by atoms with E-state index in [1.807, 2.05) is 12.1 Å². The Hall–Kier alpha value is -2.07. The van der Waals surface area contributed by atoms with Crippen LogP contribution in [0.15, 0.2) is 59.0 Å². The number of fused-ring (bicyclic) bond motifs is 1.